The SMILES string of the molecule is Cc1cc(N)cc(S(=O)(=O)N2CC(C)N(C)C(C)C2)c1C. The minimum Gasteiger partial charge on any atom is -0.399 e. The number of aryl methyl sites for hydroxylation is 1. The van der Waals surface area contributed by atoms with Crippen molar-refractivity contribution in [2.24, 2.45) is 0 Å². The Morgan fingerprint density at radius 2 is 1.67 bits per heavy atom. The van der Waals surface area contributed by atoms with E-state index >= 15 is 0 Å². The molecule has 1 saturated heterocycles. The van der Waals surface area contributed by atoms with Crippen LogP contribution in [0.5, 0.6) is 0 Å². The van der Waals surface area contributed by atoms with Crippen molar-refractivity contribution in [2.75, 3.05) is 25.9 Å². The summed E-state index contributed by atoms with van der Waals surface area (Å²) in [5, 5.41) is 0. The molecule has 1 aromatic rings. The maximum Gasteiger partial charge on any atom is 0.243 e. The van der Waals surface area contributed by atoms with Crippen molar-refractivity contribution in [3.05, 3.63) is 23.3 Å². The van der Waals surface area contributed by atoms with Gasteiger partial charge in [-0.3, -0.25) is 4.90 Å². The molecule has 0 saturated carbocycles. The van der Waals surface area contributed by atoms with Crippen LogP contribution in [0.2, 0.25) is 0 Å². The van der Waals surface area contributed by atoms with Crippen molar-refractivity contribution in [1.82, 2.24) is 9.21 Å². The molecule has 0 bridgehead atoms. The minimum atomic E-state index is -3.50. The van der Waals surface area contributed by atoms with Gasteiger partial charge in [0.15, 0.2) is 0 Å². The predicted molar refractivity (Wildman–Crippen MR) is 85.8 cm³/mol. The summed E-state index contributed by atoms with van der Waals surface area (Å²) >= 11 is 0. The monoisotopic (exact) mass is 311 g/mol. The van der Waals surface area contributed by atoms with E-state index in [9.17, 15) is 8.42 Å². The highest BCUT2D eigenvalue weighted by Crippen LogP contribution is 2.27. The van der Waals surface area contributed by atoms with E-state index < -0.39 is 10.0 Å². The Hall–Kier alpha value is -1.11. The average Bonchev–Trinajstić information content (AvgIpc) is 2.39. The lowest BCUT2D eigenvalue weighted by atomic mass is 10.1. The molecule has 2 atom stereocenters. The zero-order valence-corrected chi connectivity index (χ0v) is 14.2. The van der Waals surface area contributed by atoms with E-state index in [1.807, 2.05) is 27.0 Å². The molecular formula is C15H25N3O2S. The third-order valence-electron chi connectivity index (χ3n) is 4.59. The summed E-state index contributed by atoms with van der Waals surface area (Å²) in [4.78, 5) is 2.55. The summed E-state index contributed by atoms with van der Waals surface area (Å²) < 4.78 is 27.5. The first-order valence-electron chi connectivity index (χ1n) is 7.23. The third-order valence-corrected chi connectivity index (χ3v) is 6.54. The van der Waals surface area contributed by atoms with Gasteiger partial charge in [-0.1, -0.05) is 0 Å². The number of nitrogen functional groups attached to an aromatic ring is 1. The molecule has 1 aliphatic rings. The number of likely N-dealkylation sites (N-methyl/N-ethyl adjacent to an activating group) is 1. The molecule has 2 N–H and O–H groups in total. The Kier molecular flexibility index (Phi) is 4.33. The van der Waals surface area contributed by atoms with Gasteiger partial charge in [0.2, 0.25) is 10.0 Å². The highest BCUT2D eigenvalue weighted by Gasteiger charge is 2.35. The number of hydrogen-bond acceptors (Lipinski definition) is 4. The first-order valence-corrected chi connectivity index (χ1v) is 8.67. The zero-order valence-electron chi connectivity index (χ0n) is 13.4. The van der Waals surface area contributed by atoms with Crippen LogP contribution in [-0.2, 0) is 10.0 Å². The summed E-state index contributed by atoms with van der Waals surface area (Å²) in [5.74, 6) is 0. The number of rotatable bonds is 2. The molecule has 21 heavy (non-hydrogen) atoms. The second kappa shape index (κ2) is 5.59. The fourth-order valence-electron chi connectivity index (χ4n) is 2.81. The lowest BCUT2D eigenvalue weighted by Crippen LogP contribution is -2.56. The zero-order chi connectivity index (χ0) is 15.9. The van der Waals surface area contributed by atoms with E-state index in [1.54, 1.807) is 10.4 Å². The van der Waals surface area contributed by atoms with E-state index in [0.29, 0.717) is 23.7 Å². The van der Waals surface area contributed by atoms with E-state index in [1.165, 1.54) is 0 Å². The smallest absolute Gasteiger partial charge is 0.243 e. The summed E-state index contributed by atoms with van der Waals surface area (Å²) in [6.07, 6.45) is 0. The summed E-state index contributed by atoms with van der Waals surface area (Å²) in [6, 6.07) is 3.78. The third kappa shape index (κ3) is 2.93. The van der Waals surface area contributed by atoms with Crippen molar-refractivity contribution in [2.45, 2.75) is 44.7 Å². The summed E-state index contributed by atoms with van der Waals surface area (Å²) in [7, 11) is -1.46. The molecule has 0 aromatic heterocycles. The lowest BCUT2D eigenvalue weighted by molar-refractivity contribution is 0.105. The molecule has 1 fully saturated rings. The van der Waals surface area contributed by atoms with Gasteiger partial charge in [-0.25, -0.2) is 8.42 Å². The van der Waals surface area contributed by atoms with Gasteiger partial charge in [0.1, 0.15) is 0 Å². The van der Waals surface area contributed by atoms with Crippen molar-refractivity contribution >= 4 is 15.7 Å². The molecule has 5 nitrogen and oxygen atoms in total. The maximum absolute atomic E-state index is 13.0. The first kappa shape index (κ1) is 16.3. The average molecular weight is 311 g/mol. The van der Waals surface area contributed by atoms with Crippen LogP contribution in [0.4, 0.5) is 5.69 Å². The Bertz CT molecular complexity index is 631. The number of nitrogens with two attached hydrogens (primary N) is 1. The Morgan fingerprint density at radius 3 is 2.19 bits per heavy atom. The van der Waals surface area contributed by atoms with E-state index in [0.717, 1.165) is 11.1 Å². The van der Waals surface area contributed by atoms with Gasteiger partial charge in [0, 0.05) is 30.9 Å². The molecular weight excluding hydrogens is 286 g/mol. The Balaban J connectivity index is 2.44. The van der Waals surface area contributed by atoms with Crippen LogP contribution in [0, 0.1) is 13.8 Å². The standard InChI is InChI=1S/C15H25N3O2S/c1-10-6-14(16)7-15(13(10)4)21(19,20)18-8-11(2)17(5)12(3)9-18/h6-7,11-12H,8-9,16H2,1-5H3. The second-order valence-corrected chi connectivity index (χ2v) is 8.05. The van der Waals surface area contributed by atoms with Gasteiger partial charge < -0.3 is 5.73 Å². The predicted octanol–water partition coefficient (Wildman–Crippen LogP) is 1.60. The fraction of sp³-hybridized carbons (Fsp3) is 0.600. The Labute approximate surface area is 127 Å². The van der Waals surface area contributed by atoms with Gasteiger partial charge in [-0.2, -0.15) is 4.31 Å². The highest BCUT2D eigenvalue weighted by molar-refractivity contribution is 7.89. The molecule has 1 heterocycles. The van der Waals surface area contributed by atoms with Crippen LogP contribution in [0.25, 0.3) is 0 Å². The molecule has 0 aliphatic carbocycles. The number of hydrogen-bond donors (Lipinski definition) is 1. The minimum absolute atomic E-state index is 0.200. The van der Waals surface area contributed by atoms with Crippen LogP contribution in [-0.4, -0.2) is 49.8 Å². The molecule has 118 valence electrons. The Morgan fingerprint density at radius 1 is 1.14 bits per heavy atom. The van der Waals surface area contributed by atoms with Crippen LogP contribution in [0.1, 0.15) is 25.0 Å². The van der Waals surface area contributed by atoms with E-state index in [-0.39, 0.29) is 12.1 Å². The molecule has 0 spiro atoms. The van der Waals surface area contributed by atoms with E-state index in [2.05, 4.69) is 18.7 Å². The number of nitrogens with zero attached hydrogens (tertiary/aromatic N) is 2. The number of anilines is 1. The quantitative estimate of drug-likeness (QED) is 0.843. The molecule has 2 rings (SSSR count). The summed E-state index contributed by atoms with van der Waals surface area (Å²) in [5.41, 5.74) is 8.02. The van der Waals surface area contributed by atoms with E-state index in [4.69, 9.17) is 5.73 Å². The van der Waals surface area contributed by atoms with Gasteiger partial charge in [0.05, 0.1) is 4.90 Å². The largest absolute Gasteiger partial charge is 0.399 e. The molecule has 0 radical (unpaired) electrons. The normalized spacial score (nSPS) is 25.2. The molecule has 1 aliphatic heterocycles. The van der Waals surface area contributed by atoms with Crippen molar-refractivity contribution in [3.8, 4) is 0 Å². The van der Waals surface area contributed by atoms with Crippen LogP contribution in [0.15, 0.2) is 17.0 Å². The first-order chi connectivity index (χ1) is 9.64. The topological polar surface area (TPSA) is 66.6 Å². The molecule has 0 amide bonds. The van der Waals surface area contributed by atoms with Gasteiger partial charge in [-0.05, 0) is 58.0 Å². The second-order valence-electron chi connectivity index (χ2n) is 6.15. The van der Waals surface area contributed by atoms with Crippen molar-refractivity contribution in [3.63, 3.8) is 0 Å². The van der Waals surface area contributed by atoms with Crippen LogP contribution >= 0.6 is 0 Å². The summed E-state index contributed by atoms with van der Waals surface area (Å²) in [6.45, 7) is 8.85. The number of piperazine rings is 1. The van der Waals surface area contributed by atoms with Gasteiger partial charge in [0.25, 0.3) is 0 Å². The van der Waals surface area contributed by atoms with Crippen molar-refractivity contribution < 1.29 is 8.42 Å². The highest BCUT2D eigenvalue weighted by atomic mass is 32.2. The molecule has 2 unspecified atom stereocenters. The van der Waals surface area contributed by atoms with Crippen LogP contribution in [0.3, 0.4) is 0 Å². The molecule has 6 heteroatoms. The molecule has 1 aromatic carbocycles. The van der Waals surface area contributed by atoms with Gasteiger partial charge in [-0.15, -0.1) is 0 Å². The number of benzene rings is 1. The number of sulfonamides is 1. The fourth-order valence-corrected chi connectivity index (χ4v) is 4.75. The van der Waals surface area contributed by atoms with Crippen LogP contribution < -0.4 is 5.73 Å². The van der Waals surface area contributed by atoms with Crippen molar-refractivity contribution in [1.29, 1.82) is 0 Å². The lowest BCUT2D eigenvalue weighted by Gasteiger charge is -2.41. The maximum atomic E-state index is 13.0. The van der Waals surface area contributed by atoms with Gasteiger partial charge >= 0.3 is 0 Å².